The summed E-state index contributed by atoms with van der Waals surface area (Å²) in [5.74, 6) is 0.0781. The summed E-state index contributed by atoms with van der Waals surface area (Å²) in [7, 11) is 2.90. The summed E-state index contributed by atoms with van der Waals surface area (Å²) in [4.78, 5) is 15.3. The highest BCUT2D eigenvalue weighted by Crippen LogP contribution is 2.25. The minimum absolute atomic E-state index is 0.418. The summed E-state index contributed by atoms with van der Waals surface area (Å²) in [6.07, 6.45) is 3.81. The van der Waals surface area contributed by atoms with Crippen LogP contribution in [0.3, 0.4) is 0 Å². The first-order valence-electron chi connectivity index (χ1n) is 7.24. The number of carbonyl (C=O) groups excluding carboxylic acids is 1. The van der Waals surface area contributed by atoms with E-state index in [1.807, 2.05) is 42.5 Å². The minimum Gasteiger partial charge on any atom is -0.496 e. The zero-order valence-electron chi connectivity index (χ0n) is 13.0. The quantitative estimate of drug-likeness (QED) is 0.737. The lowest BCUT2D eigenvalue weighted by atomic mass is 10.1. The van der Waals surface area contributed by atoms with Gasteiger partial charge in [-0.1, -0.05) is 36.4 Å². The predicted molar refractivity (Wildman–Crippen MR) is 91.6 cm³/mol. The first-order valence-corrected chi connectivity index (χ1v) is 7.24. The molecule has 0 aliphatic heterocycles. The Kier molecular flexibility index (Phi) is 4.15. The second-order valence-electron chi connectivity index (χ2n) is 5.06. The zero-order valence-corrected chi connectivity index (χ0v) is 13.0. The molecule has 3 rings (SSSR count). The van der Waals surface area contributed by atoms with Crippen LogP contribution in [0.1, 0.15) is 21.6 Å². The van der Waals surface area contributed by atoms with Crippen molar-refractivity contribution in [1.82, 2.24) is 4.98 Å². The number of aromatic amines is 1. The molecule has 3 aromatic rings. The minimum atomic E-state index is -0.418. The van der Waals surface area contributed by atoms with Gasteiger partial charge in [0.15, 0.2) is 0 Å². The van der Waals surface area contributed by atoms with Crippen LogP contribution in [0.25, 0.3) is 23.1 Å². The van der Waals surface area contributed by atoms with Crippen molar-refractivity contribution in [2.45, 2.75) is 0 Å². The molecule has 0 radical (unpaired) electrons. The smallest absolute Gasteiger partial charge is 0.342 e. The van der Waals surface area contributed by atoms with Crippen molar-refractivity contribution >= 4 is 29.0 Å². The first-order chi connectivity index (χ1) is 11.2. The maximum absolute atomic E-state index is 12.0. The molecular weight excluding hydrogens is 290 g/mol. The average Bonchev–Trinajstić information content (AvgIpc) is 3.01. The third-order valence-electron chi connectivity index (χ3n) is 3.66. The molecule has 0 saturated heterocycles. The summed E-state index contributed by atoms with van der Waals surface area (Å²) in [5, 5.41) is 1.14. The van der Waals surface area contributed by atoms with Crippen molar-refractivity contribution in [3.8, 4) is 5.75 Å². The van der Waals surface area contributed by atoms with Gasteiger partial charge in [0, 0.05) is 11.2 Å². The fourth-order valence-corrected chi connectivity index (χ4v) is 2.54. The number of H-pyrrole nitrogens is 1. The number of nitrogens with one attached hydrogen (secondary N) is 1. The van der Waals surface area contributed by atoms with Gasteiger partial charge in [-0.3, -0.25) is 0 Å². The number of hydrogen-bond donors (Lipinski definition) is 1. The van der Waals surface area contributed by atoms with Crippen molar-refractivity contribution in [1.29, 1.82) is 0 Å². The molecule has 1 heterocycles. The number of fused-ring (bicyclic) bond motifs is 1. The Balaban J connectivity index is 2.00. The zero-order chi connectivity index (χ0) is 16.2. The molecule has 0 fully saturated rings. The highest BCUT2D eigenvalue weighted by Gasteiger charge is 2.16. The fraction of sp³-hybridized carbons (Fsp3) is 0.105. The van der Waals surface area contributed by atoms with Crippen LogP contribution in [0.4, 0.5) is 0 Å². The van der Waals surface area contributed by atoms with Gasteiger partial charge in [0.25, 0.3) is 0 Å². The largest absolute Gasteiger partial charge is 0.496 e. The molecule has 4 heteroatoms. The van der Waals surface area contributed by atoms with E-state index in [-0.39, 0.29) is 0 Å². The predicted octanol–water partition coefficient (Wildman–Crippen LogP) is 4.13. The molecule has 0 unspecified atom stereocenters. The van der Waals surface area contributed by atoms with Crippen molar-refractivity contribution in [2.75, 3.05) is 14.2 Å². The van der Waals surface area contributed by atoms with Crippen LogP contribution in [-0.2, 0) is 4.74 Å². The summed E-state index contributed by atoms with van der Waals surface area (Å²) >= 11 is 0. The molecule has 4 nitrogen and oxygen atoms in total. The Morgan fingerprint density at radius 3 is 2.61 bits per heavy atom. The van der Waals surface area contributed by atoms with Crippen LogP contribution in [0, 0.1) is 0 Å². The van der Waals surface area contributed by atoms with E-state index < -0.39 is 5.97 Å². The van der Waals surface area contributed by atoms with Gasteiger partial charge in [0.2, 0.25) is 0 Å². The van der Waals surface area contributed by atoms with Crippen LogP contribution < -0.4 is 4.74 Å². The van der Waals surface area contributed by atoms with E-state index in [9.17, 15) is 4.79 Å². The highest BCUT2D eigenvalue weighted by molar-refractivity contribution is 5.97. The second kappa shape index (κ2) is 6.40. The fourth-order valence-electron chi connectivity index (χ4n) is 2.54. The number of carbonyl (C=O) groups is 1. The van der Waals surface area contributed by atoms with Crippen molar-refractivity contribution < 1.29 is 14.3 Å². The van der Waals surface area contributed by atoms with Gasteiger partial charge in [0.05, 0.1) is 14.2 Å². The molecule has 1 N–H and O–H groups in total. The summed E-state index contributed by atoms with van der Waals surface area (Å²) in [6.45, 7) is 0. The summed E-state index contributed by atoms with van der Waals surface area (Å²) in [6, 6.07) is 15.6. The standard InChI is InChI=1S/C19H17NO3/c1-22-17-9-5-7-13(18(17)19(21)23-2)10-11-15-12-14-6-3-4-8-16(14)20-15/h3-12,20H,1-2H3/b11-10+. The van der Waals surface area contributed by atoms with E-state index in [0.29, 0.717) is 11.3 Å². The Morgan fingerprint density at radius 1 is 1.04 bits per heavy atom. The Labute approximate surface area is 134 Å². The normalized spacial score (nSPS) is 11.0. The lowest BCUT2D eigenvalue weighted by molar-refractivity contribution is 0.0597. The number of para-hydroxylation sites is 1. The molecule has 23 heavy (non-hydrogen) atoms. The van der Waals surface area contributed by atoms with Gasteiger partial charge in [-0.05, 0) is 35.2 Å². The van der Waals surface area contributed by atoms with E-state index >= 15 is 0 Å². The van der Waals surface area contributed by atoms with Crippen molar-refractivity contribution in [2.24, 2.45) is 0 Å². The maximum Gasteiger partial charge on any atom is 0.342 e. The molecule has 0 atom stereocenters. The molecule has 1 aromatic heterocycles. The lowest BCUT2D eigenvalue weighted by Gasteiger charge is -2.09. The van der Waals surface area contributed by atoms with E-state index in [2.05, 4.69) is 17.1 Å². The van der Waals surface area contributed by atoms with Gasteiger partial charge in [0.1, 0.15) is 11.3 Å². The number of ether oxygens (including phenoxy) is 2. The van der Waals surface area contributed by atoms with E-state index in [1.165, 1.54) is 14.2 Å². The first kappa shape index (κ1) is 14.9. The van der Waals surface area contributed by atoms with Gasteiger partial charge in [-0.2, -0.15) is 0 Å². The van der Waals surface area contributed by atoms with Crippen LogP contribution >= 0.6 is 0 Å². The SMILES string of the molecule is COC(=O)c1c(/C=C/c2cc3ccccc3[nH]2)cccc1OC. The maximum atomic E-state index is 12.0. The van der Waals surface area contributed by atoms with Gasteiger partial charge >= 0.3 is 5.97 Å². The number of benzene rings is 2. The lowest BCUT2D eigenvalue weighted by Crippen LogP contribution is -2.06. The average molecular weight is 307 g/mol. The Hall–Kier alpha value is -3.01. The molecule has 0 aliphatic rings. The number of methoxy groups -OCH3 is 2. The van der Waals surface area contributed by atoms with Crippen LogP contribution in [0.2, 0.25) is 0 Å². The number of aromatic nitrogens is 1. The molecule has 0 bridgehead atoms. The van der Waals surface area contributed by atoms with Crippen LogP contribution in [-0.4, -0.2) is 25.2 Å². The van der Waals surface area contributed by atoms with E-state index in [4.69, 9.17) is 9.47 Å². The molecule has 0 spiro atoms. The van der Waals surface area contributed by atoms with E-state index in [0.717, 1.165) is 22.2 Å². The Morgan fingerprint density at radius 2 is 1.87 bits per heavy atom. The van der Waals surface area contributed by atoms with Gasteiger partial charge in [-0.25, -0.2) is 4.79 Å². The molecule has 2 aromatic carbocycles. The van der Waals surface area contributed by atoms with Crippen LogP contribution in [0.5, 0.6) is 5.75 Å². The Bertz CT molecular complexity index is 844. The third kappa shape index (κ3) is 2.97. The topological polar surface area (TPSA) is 51.3 Å². The third-order valence-corrected chi connectivity index (χ3v) is 3.66. The van der Waals surface area contributed by atoms with E-state index in [1.54, 1.807) is 6.07 Å². The van der Waals surface area contributed by atoms with Gasteiger partial charge < -0.3 is 14.5 Å². The molecule has 0 saturated carbocycles. The second-order valence-corrected chi connectivity index (χ2v) is 5.06. The number of esters is 1. The van der Waals surface area contributed by atoms with Crippen molar-refractivity contribution in [3.63, 3.8) is 0 Å². The molecule has 0 aliphatic carbocycles. The molecule has 0 amide bonds. The number of rotatable bonds is 4. The molecular formula is C19H17NO3. The number of hydrogen-bond acceptors (Lipinski definition) is 3. The monoisotopic (exact) mass is 307 g/mol. The highest BCUT2D eigenvalue weighted by atomic mass is 16.5. The van der Waals surface area contributed by atoms with Crippen molar-refractivity contribution in [3.05, 3.63) is 65.4 Å². The van der Waals surface area contributed by atoms with Crippen LogP contribution in [0.15, 0.2) is 48.5 Å². The van der Waals surface area contributed by atoms with Gasteiger partial charge in [-0.15, -0.1) is 0 Å². The summed E-state index contributed by atoms with van der Waals surface area (Å²) in [5.41, 5.74) is 3.20. The molecule has 116 valence electrons. The summed E-state index contributed by atoms with van der Waals surface area (Å²) < 4.78 is 10.1.